The molecule has 176 valence electrons. The Balaban J connectivity index is 1.68. The van der Waals surface area contributed by atoms with Gasteiger partial charge < -0.3 is 5.32 Å². The summed E-state index contributed by atoms with van der Waals surface area (Å²) in [4.78, 5) is 29.7. The van der Waals surface area contributed by atoms with Crippen molar-refractivity contribution >= 4 is 51.4 Å². The van der Waals surface area contributed by atoms with Crippen LogP contribution in [0.25, 0.3) is 0 Å². The van der Waals surface area contributed by atoms with Gasteiger partial charge in [0.2, 0.25) is 0 Å². The van der Waals surface area contributed by atoms with Gasteiger partial charge in [0.1, 0.15) is 5.00 Å². The molecule has 0 saturated heterocycles. The number of hydrogen-bond acceptors (Lipinski definition) is 5. The van der Waals surface area contributed by atoms with Gasteiger partial charge in [-0.1, -0.05) is 32.4 Å². The van der Waals surface area contributed by atoms with Gasteiger partial charge in [0.15, 0.2) is 0 Å². The summed E-state index contributed by atoms with van der Waals surface area (Å²) in [5.74, 6) is 0.349. The second-order valence-electron chi connectivity index (χ2n) is 9.56. The number of hydrogen-bond donors (Lipinski definition) is 1. The van der Waals surface area contributed by atoms with E-state index in [0.29, 0.717) is 27.2 Å². The van der Waals surface area contributed by atoms with Crippen LogP contribution in [0.1, 0.15) is 53.6 Å². The van der Waals surface area contributed by atoms with Crippen molar-refractivity contribution in [2.45, 2.75) is 40.0 Å². The molecule has 0 radical (unpaired) electrons. The Kier molecular flexibility index (Phi) is 6.86. The minimum atomic E-state index is -0.431. The van der Waals surface area contributed by atoms with Crippen molar-refractivity contribution in [1.82, 2.24) is 0 Å². The summed E-state index contributed by atoms with van der Waals surface area (Å²) in [6, 6.07) is 13.2. The number of amides is 1. The molecule has 2 aromatic carbocycles. The first-order chi connectivity index (χ1) is 16.1. The van der Waals surface area contributed by atoms with E-state index in [0.717, 1.165) is 30.4 Å². The summed E-state index contributed by atoms with van der Waals surface area (Å²) in [7, 11) is 0. The van der Waals surface area contributed by atoms with Gasteiger partial charge in [0.05, 0.1) is 10.5 Å². The van der Waals surface area contributed by atoms with Gasteiger partial charge in [-0.05, 0) is 78.1 Å². The first-order valence-corrected chi connectivity index (χ1v) is 12.3. The molecular weight excluding hydrogens is 470 g/mol. The van der Waals surface area contributed by atoms with Crippen LogP contribution in [-0.2, 0) is 12.8 Å². The molecule has 1 heterocycles. The number of nitro groups is 1. The maximum atomic E-state index is 13.4. The second-order valence-corrected chi connectivity index (χ2v) is 11.1. The van der Waals surface area contributed by atoms with E-state index < -0.39 is 4.92 Å². The number of nitro benzene ring substituents is 1. The van der Waals surface area contributed by atoms with Crippen LogP contribution in [-0.4, -0.2) is 17.0 Å². The van der Waals surface area contributed by atoms with E-state index in [-0.39, 0.29) is 17.0 Å². The second kappa shape index (κ2) is 9.68. The van der Waals surface area contributed by atoms with E-state index in [1.807, 2.05) is 0 Å². The van der Waals surface area contributed by atoms with Crippen LogP contribution in [0.4, 0.5) is 16.4 Å². The minimum Gasteiger partial charge on any atom is -0.322 e. The maximum absolute atomic E-state index is 13.4. The number of benzene rings is 2. The highest BCUT2D eigenvalue weighted by atomic mass is 35.5. The summed E-state index contributed by atoms with van der Waals surface area (Å²) >= 11 is 7.54. The molecular formula is C26H26ClN3O3S. The molecule has 0 unspecified atom stereocenters. The lowest BCUT2D eigenvalue weighted by molar-refractivity contribution is -0.384. The Hall–Kier alpha value is -3.03. The zero-order chi connectivity index (χ0) is 24.5. The van der Waals surface area contributed by atoms with Crippen molar-refractivity contribution in [2.75, 3.05) is 5.32 Å². The fourth-order valence-corrected chi connectivity index (χ4v) is 5.57. The molecule has 4 rings (SSSR count). The maximum Gasteiger partial charge on any atom is 0.269 e. The highest BCUT2D eigenvalue weighted by Crippen LogP contribution is 2.45. The average molecular weight is 496 g/mol. The predicted octanol–water partition coefficient (Wildman–Crippen LogP) is 7.46. The van der Waals surface area contributed by atoms with Gasteiger partial charge >= 0.3 is 0 Å². The number of fused-ring (bicyclic) bond motifs is 1. The van der Waals surface area contributed by atoms with Gasteiger partial charge in [-0.3, -0.25) is 14.9 Å². The molecule has 1 amide bonds. The van der Waals surface area contributed by atoms with Crippen LogP contribution >= 0.6 is 22.9 Å². The van der Waals surface area contributed by atoms with Crippen molar-refractivity contribution in [3.63, 3.8) is 0 Å². The topological polar surface area (TPSA) is 84.6 Å². The SMILES string of the molecule is CC(C)(C)[C@@H]1CCc2c(sc(N=Cc3ccc([N+](=O)[O-])cc3)c2C(=O)Nc2ccc(Cl)cc2)C1. The third-order valence-corrected chi connectivity index (χ3v) is 7.65. The number of carbonyl (C=O) groups excluding carboxylic acids is 1. The Bertz CT molecular complexity index is 1240. The van der Waals surface area contributed by atoms with Crippen molar-refractivity contribution in [2.24, 2.45) is 16.3 Å². The van der Waals surface area contributed by atoms with E-state index in [1.54, 1.807) is 53.9 Å². The molecule has 6 nitrogen and oxygen atoms in total. The number of carbonyl (C=O) groups is 1. The lowest BCUT2D eigenvalue weighted by Crippen LogP contribution is -2.27. The van der Waals surface area contributed by atoms with Crippen molar-refractivity contribution in [3.05, 3.63) is 85.2 Å². The fourth-order valence-electron chi connectivity index (χ4n) is 4.18. The summed E-state index contributed by atoms with van der Waals surface area (Å²) in [6.07, 6.45) is 4.45. The Morgan fingerprint density at radius 3 is 2.47 bits per heavy atom. The van der Waals surface area contributed by atoms with Crippen molar-refractivity contribution in [1.29, 1.82) is 0 Å². The first kappa shape index (κ1) is 24.1. The molecule has 3 aromatic rings. The Morgan fingerprint density at radius 2 is 1.85 bits per heavy atom. The first-order valence-electron chi connectivity index (χ1n) is 11.1. The number of anilines is 1. The van der Waals surface area contributed by atoms with E-state index in [2.05, 4.69) is 31.1 Å². The van der Waals surface area contributed by atoms with Crippen molar-refractivity contribution in [3.8, 4) is 0 Å². The molecule has 34 heavy (non-hydrogen) atoms. The van der Waals surface area contributed by atoms with Crippen LogP contribution in [0.2, 0.25) is 5.02 Å². The number of aliphatic imine (C=N–C) groups is 1. The number of non-ortho nitro benzene ring substituents is 1. The fraction of sp³-hybridized carbons (Fsp3) is 0.308. The lowest BCUT2D eigenvalue weighted by atomic mass is 9.72. The monoisotopic (exact) mass is 495 g/mol. The molecule has 1 aliphatic carbocycles. The summed E-state index contributed by atoms with van der Waals surface area (Å²) in [5.41, 5.74) is 3.31. The van der Waals surface area contributed by atoms with Gasteiger partial charge in [-0.15, -0.1) is 11.3 Å². The molecule has 0 bridgehead atoms. The third-order valence-electron chi connectivity index (χ3n) is 6.24. The van der Waals surface area contributed by atoms with Gasteiger partial charge in [-0.2, -0.15) is 0 Å². The molecule has 0 spiro atoms. The number of nitrogens with zero attached hydrogens (tertiary/aromatic N) is 2. The highest BCUT2D eigenvalue weighted by Gasteiger charge is 2.33. The minimum absolute atomic E-state index is 0.0278. The van der Waals surface area contributed by atoms with E-state index in [4.69, 9.17) is 11.6 Å². The van der Waals surface area contributed by atoms with Gasteiger partial charge in [0.25, 0.3) is 11.6 Å². The Labute approximate surface area is 207 Å². The number of rotatable bonds is 5. The largest absolute Gasteiger partial charge is 0.322 e. The van der Waals surface area contributed by atoms with Gasteiger partial charge in [0, 0.05) is 33.9 Å². The summed E-state index contributed by atoms with van der Waals surface area (Å²) < 4.78 is 0. The molecule has 0 saturated carbocycles. The zero-order valence-electron chi connectivity index (χ0n) is 19.3. The van der Waals surface area contributed by atoms with Crippen LogP contribution in [0.15, 0.2) is 53.5 Å². The molecule has 1 atom stereocenters. The summed E-state index contributed by atoms with van der Waals surface area (Å²) in [5, 5.41) is 15.2. The zero-order valence-corrected chi connectivity index (χ0v) is 20.9. The van der Waals surface area contributed by atoms with Crippen LogP contribution < -0.4 is 5.32 Å². The Morgan fingerprint density at radius 1 is 1.18 bits per heavy atom. The normalized spacial score (nSPS) is 15.8. The van der Waals surface area contributed by atoms with E-state index in [9.17, 15) is 14.9 Å². The molecule has 0 aliphatic heterocycles. The van der Waals surface area contributed by atoms with Crippen LogP contribution in [0.5, 0.6) is 0 Å². The highest BCUT2D eigenvalue weighted by molar-refractivity contribution is 7.16. The molecule has 1 aromatic heterocycles. The standard InChI is InChI=1S/C26H26ClN3O3S/c1-26(2,3)17-6-13-21-22(14-17)34-25(28-15-16-4-11-20(12-5-16)30(32)33)23(21)24(31)29-19-9-7-18(27)8-10-19/h4-5,7-12,15,17H,6,13-14H2,1-3H3,(H,29,31)/t17-/m1/s1. The quantitative estimate of drug-likeness (QED) is 0.226. The molecule has 0 fully saturated rings. The third kappa shape index (κ3) is 5.37. The predicted molar refractivity (Wildman–Crippen MR) is 139 cm³/mol. The number of nitrogens with one attached hydrogen (secondary N) is 1. The molecule has 1 N–H and O–H groups in total. The number of halogens is 1. The van der Waals surface area contributed by atoms with E-state index >= 15 is 0 Å². The summed E-state index contributed by atoms with van der Waals surface area (Å²) in [6.45, 7) is 6.79. The molecule has 1 aliphatic rings. The van der Waals surface area contributed by atoms with Crippen LogP contribution in [0, 0.1) is 21.4 Å². The van der Waals surface area contributed by atoms with E-state index in [1.165, 1.54) is 17.0 Å². The van der Waals surface area contributed by atoms with Crippen LogP contribution in [0.3, 0.4) is 0 Å². The van der Waals surface area contributed by atoms with Gasteiger partial charge in [-0.25, -0.2) is 4.99 Å². The number of thiophene rings is 1. The van der Waals surface area contributed by atoms with Crippen molar-refractivity contribution < 1.29 is 9.72 Å². The molecule has 8 heteroatoms. The smallest absolute Gasteiger partial charge is 0.269 e. The average Bonchev–Trinajstić information content (AvgIpc) is 3.16. The lowest BCUT2D eigenvalue weighted by Gasteiger charge is -2.33.